The number of para-hydroxylation sites is 1. The fourth-order valence-corrected chi connectivity index (χ4v) is 5.64. The van der Waals surface area contributed by atoms with E-state index in [0.717, 1.165) is 20.8 Å². The van der Waals surface area contributed by atoms with Crippen molar-refractivity contribution in [3.8, 4) is 10.7 Å². The lowest BCUT2D eigenvalue weighted by molar-refractivity contribution is -0.115. The van der Waals surface area contributed by atoms with Gasteiger partial charge < -0.3 is 5.32 Å². The smallest absolute Gasteiger partial charge is 0.227 e. The van der Waals surface area contributed by atoms with Gasteiger partial charge in [-0.15, -0.1) is 22.7 Å². The van der Waals surface area contributed by atoms with Gasteiger partial charge in [0.2, 0.25) is 5.91 Å². The van der Waals surface area contributed by atoms with Crippen LogP contribution >= 0.6 is 22.7 Å². The molecule has 2 aromatic carbocycles. The highest BCUT2D eigenvalue weighted by molar-refractivity contribution is 7.91. The summed E-state index contributed by atoms with van der Waals surface area (Å²) in [6, 6.07) is 14.4. The summed E-state index contributed by atoms with van der Waals surface area (Å²) in [5.41, 5.74) is 2.58. The Balaban J connectivity index is 1.39. The van der Waals surface area contributed by atoms with Crippen molar-refractivity contribution >= 4 is 53.8 Å². The van der Waals surface area contributed by atoms with E-state index in [1.807, 2.05) is 36.6 Å². The van der Waals surface area contributed by atoms with Crippen LogP contribution in [0.2, 0.25) is 0 Å². The van der Waals surface area contributed by atoms with Gasteiger partial charge in [-0.25, -0.2) is 18.4 Å². The third kappa shape index (κ3) is 4.52. The SMILES string of the molecule is Cc1ccc(S(=O)(=O)CCC(=O)Nc2nc(-c3nc4ccccc4s3)cs2)cc1. The van der Waals surface area contributed by atoms with Crippen molar-refractivity contribution < 1.29 is 13.2 Å². The zero-order valence-electron chi connectivity index (χ0n) is 15.5. The molecular formula is C20H17N3O3S3. The molecule has 0 aliphatic carbocycles. The topological polar surface area (TPSA) is 89.0 Å². The Labute approximate surface area is 176 Å². The second-order valence-electron chi connectivity index (χ2n) is 6.45. The molecule has 2 heterocycles. The van der Waals surface area contributed by atoms with Crippen molar-refractivity contribution in [2.24, 2.45) is 0 Å². The van der Waals surface area contributed by atoms with Gasteiger partial charge in [-0.2, -0.15) is 0 Å². The molecule has 0 fully saturated rings. The Morgan fingerprint density at radius 2 is 1.83 bits per heavy atom. The lowest BCUT2D eigenvalue weighted by Crippen LogP contribution is -2.17. The lowest BCUT2D eigenvalue weighted by Gasteiger charge is -2.05. The number of thiazole rings is 2. The molecule has 0 saturated carbocycles. The Hall–Kier alpha value is -2.62. The zero-order chi connectivity index (χ0) is 20.4. The molecule has 1 N–H and O–H groups in total. The summed E-state index contributed by atoms with van der Waals surface area (Å²) >= 11 is 2.82. The van der Waals surface area contributed by atoms with Crippen molar-refractivity contribution in [2.45, 2.75) is 18.2 Å². The normalized spacial score (nSPS) is 11.6. The number of benzene rings is 2. The van der Waals surface area contributed by atoms with E-state index in [1.54, 1.807) is 24.3 Å². The number of aryl methyl sites for hydroxylation is 1. The number of carbonyl (C=O) groups is 1. The number of sulfone groups is 1. The summed E-state index contributed by atoms with van der Waals surface area (Å²) in [4.78, 5) is 21.4. The Bertz CT molecular complexity index is 1240. The number of nitrogens with one attached hydrogen (secondary N) is 1. The first-order valence-electron chi connectivity index (χ1n) is 8.81. The number of amides is 1. The maximum atomic E-state index is 12.4. The van der Waals surface area contributed by atoms with Crippen LogP contribution in [0.1, 0.15) is 12.0 Å². The first kappa shape index (κ1) is 19.7. The largest absolute Gasteiger partial charge is 0.302 e. The standard InChI is InChI=1S/C20H17N3O3S3/c1-13-6-8-14(9-7-13)29(25,26)11-10-18(24)23-20-22-16(12-27-20)19-21-15-4-2-3-5-17(15)28-19/h2-9,12H,10-11H2,1H3,(H,22,23,24). The van der Waals surface area contributed by atoms with E-state index in [2.05, 4.69) is 15.3 Å². The van der Waals surface area contributed by atoms with Crippen molar-refractivity contribution in [3.63, 3.8) is 0 Å². The average molecular weight is 444 g/mol. The van der Waals surface area contributed by atoms with Crippen LogP contribution in [0, 0.1) is 6.92 Å². The number of fused-ring (bicyclic) bond motifs is 1. The fraction of sp³-hybridized carbons (Fsp3) is 0.150. The number of anilines is 1. The highest BCUT2D eigenvalue weighted by Gasteiger charge is 2.17. The molecule has 9 heteroatoms. The van der Waals surface area contributed by atoms with Gasteiger partial charge in [0, 0.05) is 11.8 Å². The minimum Gasteiger partial charge on any atom is -0.302 e. The van der Waals surface area contributed by atoms with Crippen LogP contribution in [0.15, 0.2) is 58.8 Å². The van der Waals surface area contributed by atoms with Gasteiger partial charge in [0.15, 0.2) is 15.0 Å². The Kier molecular flexibility index (Phi) is 5.44. The zero-order valence-corrected chi connectivity index (χ0v) is 17.9. The molecule has 4 rings (SSSR count). The molecule has 0 atom stereocenters. The summed E-state index contributed by atoms with van der Waals surface area (Å²) < 4.78 is 25.8. The maximum absolute atomic E-state index is 12.4. The van der Waals surface area contributed by atoms with E-state index in [9.17, 15) is 13.2 Å². The molecule has 0 unspecified atom stereocenters. The number of nitrogens with zero attached hydrogens (tertiary/aromatic N) is 2. The van der Waals surface area contributed by atoms with E-state index >= 15 is 0 Å². The first-order chi connectivity index (χ1) is 13.9. The van der Waals surface area contributed by atoms with E-state index in [-0.39, 0.29) is 23.0 Å². The third-order valence-corrected chi connectivity index (χ3v) is 7.79. The van der Waals surface area contributed by atoms with Gasteiger partial charge >= 0.3 is 0 Å². The third-order valence-electron chi connectivity index (χ3n) is 4.24. The van der Waals surface area contributed by atoms with Crippen molar-refractivity contribution in [1.29, 1.82) is 0 Å². The van der Waals surface area contributed by atoms with E-state index < -0.39 is 9.84 Å². The number of hydrogen-bond donors (Lipinski definition) is 1. The second-order valence-corrected chi connectivity index (χ2v) is 10.5. The summed E-state index contributed by atoms with van der Waals surface area (Å²) in [6.07, 6.45) is -0.133. The van der Waals surface area contributed by atoms with E-state index in [0.29, 0.717) is 10.8 Å². The summed E-state index contributed by atoms with van der Waals surface area (Å²) in [5, 5.41) is 5.72. The first-order valence-corrected chi connectivity index (χ1v) is 12.2. The molecule has 2 aromatic heterocycles. The van der Waals surface area contributed by atoms with Crippen LogP contribution in [0.4, 0.5) is 5.13 Å². The average Bonchev–Trinajstić information content (AvgIpc) is 3.33. The van der Waals surface area contributed by atoms with Gasteiger partial charge in [-0.05, 0) is 31.2 Å². The summed E-state index contributed by atoms with van der Waals surface area (Å²) in [5.74, 6) is -0.635. The molecule has 0 aliphatic heterocycles. The van der Waals surface area contributed by atoms with Gasteiger partial charge in [-0.1, -0.05) is 29.8 Å². The molecule has 0 spiro atoms. The van der Waals surface area contributed by atoms with Crippen molar-refractivity contribution in [2.75, 3.05) is 11.1 Å². The molecule has 0 radical (unpaired) electrons. The minimum absolute atomic E-state index is 0.133. The van der Waals surface area contributed by atoms with Crippen LogP contribution in [-0.2, 0) is 14.6 Å². The molecule has 0 saturated heterocycles. The highest BCUT2D eigenvalue weighted by Crippen LogP contribution is 2.31. The van der Waals surface area contributed by atoms with E-state index in [4.69, 9.17) is 0 Å². The molecule has 148 valence electrons. The number of hydrogen-bond acceptors (Lipinski definition) is 7. The number of carbonyl (C=O) groups excluding carboxylic acids is 1. The molecular weight excluding hydrogens is 426 g/mol. The quantitative estimate of drug-likeness (QED) is 0.473. The monoisotopic (exact) mass is 443 g/mol. The minimum atomic E-state index is -3.50. The molecule has 0 bridgehead atoms. The van der Waals surface area contributed by atoms with Crippen LogP contribution in [0.25, 0.3) is 20.9 Å². The number of rotatable bonds is 6. The lowest BCUT2D eigenvalue weighted by atomic mass is 10.2. The van der Waals surface area contributed by atoms with E-state index in [1.165, 1.54) is 22.7 Å². The maximum Gasteiger partial charge on any atom is 0.227 e. The Morgan fingerprint density at radius 3 is 2.59 bits per heavy atom. The predicted octanol–water partition coefficient (Wildman–Crippen LogP) is 4.53. The molecule has 6 nitrogen and oxygen atoms in total. The molecule has 4 aromatic rings. The van der Waals surface area contributed by atoms with Crippen LogP contribution in [0.3, 0.4) is 0 Å². The summed E-state index contributed by atoms with van der Waals surface area (Å²) in [7, 11) is -3.50. The molecule has 0 aliphatic rings. The molecule has 1 amide bonds. The highest BCUT2D eigenvalue weighted by atomic mass is 32.2. The van der Waals surface area contributed by atoms with Crippen LogP contribution in [-0.4, -0.2) is 30.0 Å². The second kappa shape index (κ2) is 8.02. The molecule has 29 heavy (non-hydrogen) atoms. The van der Waals surface area contributed by atoms with Crippen molar-refractivity contribution in [3.05, 3.63) is 59.5 Å². The fourth-order valence-electron chi connectivity index (χ4n) is 2.68. The van der Waals surface area contributed by atoms with Gasteiger partial charge in [0.1, 0.15) is 10.7 Å². The summed E-state index contributed by atoms with van der Waals surface area (Å²) in [6.45, 7) is 1.89. The Morgan fingerprint density at radius 1 is 1.07 bits per heavy atom. The van der Waals surface area contributed by atoms with Crippen LogP contribution < -0.4 is 5.32 Å². The van der Waals surface area contributed by atoms with Gasteiger partial charge in [-0.3, -0.25) is 4.79 Å². The predicted molar refractivity (Wildman–Crippen MR) is 117 cm³/mol. The van der Waals surface area contributed by atoms with Crippen LogP contribution in [0.5, 0.6) is 0 Å². The van der Waals surface area contributed by atoms with Gasteiger partial charge in [0.25, 0.3) is 0 Å². The van der Waals surface area contributed by atoms with Crippen molar-refractivity contribution in [1.82, 2.24) is 9.97 Å². The van der Waals surface area contributed by atoms with Gasteiger partial charge in [0.05, 0.1) is 20.9 Å². The number of aromatic nitrogens is 2.